The van der Waals surface area contributed by atoms with Crippen LogP contribution in [0.3, 0.4) is 0 Å². The first kappa shape index (κ1) is 9.81. The van der Waals surface area contributed by atoms with Crippen LogP contribution in [-0.2, 0) is 0 Å². The zero-order valence-corrected chi connectivity index (χ0v) is 7.86. The van der Waals surface area contributed by atoms with Crippen molar-refractivity contribution in [2.24, 2.45) is 0 Å². The van der Waals surface area contributed by atoms with E-state index in [4.69, 9.17) is 0 Å². The summed E-state index contributed by atoms with van der Waals surface area (Å²) in [6.45, 7) is 3.81. The summed E-state index contributed by atoms with van der Waals surface area (Å²) in [5, 5.41) is 19.0. The molecule has 0 saturated carbocycles. The average Bonchev–Trinajstić information content (AvgIpc) is 2.03. The van der Waals surface area contributed by atoms with Crippen molar-refractivity contribution in [1.82, 2.24) is 0 Å². The second-order valence-corrected chi connectivity index (χ2v) is 3.25. The minimum Gasteiger partial charge on any atom is -0.508 e. The highest BCUT2D eigenvalue weighted by atomic mass is 16.3. The quantitative estimate of drug-likeness (QED) is 0.683. The fourth-order valence-corrected chi connectivity index (χ4v) is 1.14. The largest absolute Gasteiger partial charge is 0.508 e. The summed E-state index contributed by atoms with van der Waals surface area (Å²) in [4.78, 5) is 0. The first-order valence-electron chi connectivity index (χ1n) is 4.22. The maximum Gasteiger partial charge on any atom is 0.121 e. The number of aliphatic hydroxyl groups excluding tert-OH is 1. The number of hydrogen-bond acceptors (Lipinski definition) is 2. The van der Waals surface area contributed by atoms with Crippen molar-refractivity contribution < 1.29 is 10.2 Å². The molecule has 0 amide bonds. The maximum absolute atomic E-state index is 9.64. The monoisotopic (exact) mass is 178 g/mol. The van der Waals surface area contributed by atoms with Crippen molar-refractivity contribution in [1.29, 1.82) is 0 Å². The third kappa shape index (κ3) is 2.60. The summed E-state index contributed by atoms with van der Waals surface area (Å²) in [5.41, 5.74) is 1.57. The van der Waals surface area contributed by atoms with Gasteiger partial charge in [0.05, 0.1) is 0 Å². The Morgan fingerprint density at radius 3 is 2.46 bits per heavy atom. The molecule has 2 N–H and O–H groups in total. The van der Waals surface area contributed by atoms with Gasteiger partial charge in [-0.2, -0.15) is 0 Å². The Hall–Kier alpha value is -1.28. The molecule has 70 valence electrons. The topological polar surface area (TPSA) is 40.5 Å². The maximum atomic E-state index is 9.64. The van der Waals surface area contributed by atoms with E-state index in [1.54, 1.807) is 30.3 Å². The average molecular weight is 178 g/mol. The zero-order valence-electron chi connectivity index (χ0n) is 7.86. The Balaban J connectivity index is 2.95. The predicted molar refractivity (Wildman–Crippen MR) is 52.5 cm³/mol. The Kier molecular flexibility index (Phi) is 3.09. The van der Waals surface area contributed by atoms with Gasteiger partial charge in [0, 0.05) is 5.56 Å². The highest BCUT2D eigenvalue weighted by molar-refractivity contribution is 5.35. The molecular formula is C11H14O2. The molecule has 0 saturated heterocycles. The summed E-state index contributed by atoms with van der Waals surface area (Å²) in [6, 6.07) is 6.79. The number of phenolic OH excluding ortho intramolecular Hbond substituents is 1. The van der Waals surface area contributed by atoms with Crippen LogP contribution in [0.1, 0.15) is 25.5 Å². The summed E-state index contributed by atoms with van der Waals surface area (Å²) in [6.07, 6.45) is 0.987. The molecule has 1 aromatic carbocycles. The van der Waals surface area contributed by atoms with E-state index in [9.17, 15) is 10.2 Å². The van der Waals surface area contributed by atoms with E-state index in [-0.39, 0.29) is 5.75 Å². The van der Waals surface area contributed by atoms with Crippen molar-refractivity contribution >= 4 is 0 Å². The van der Waals surface area contributed by atoms with Crippen molar-refractivity contribution in [2.75, 3.05) is 0 Å². The summed E-state index contributed by atoms with van der Waals surface area (Å²) in [7, 11) is 0. The molecule has 0 aliphatic carbocycles. The first-order valence-corrected chi connectivity index (χ1v) is 4.22. The molecule has 0 bridgehead atoms. The molecule has 1 unspecified atom stereocenters. The van der Waals surface area contributed by atoms with Crippen LogP contribution >= 0.6 is 0 Å². The fourth-order valence-electron chi connectivity index (χ4n) is 1.14. The first-order chi connectivity index (χ1) is 6.11. The van der Waals surface area contributed by atoms with Crippen LogP contribution in [-0.4, -0.2) is 10.2 Å². The van der Waals surface area contributed by atoms with Crippen LogP contribution in [0.5, 0.6) is 5.75 Å². The third-order valence-electron chi connectivity index (χ3n) is 1.75. The minimum atomic E-state index is -0.716. The number of aromatic hydroxyl groups is 1. The van der Waals surface area contributed by atoms with Gasteiger partial charge in [-0.3, -0.25) is 0 Å². The predicted octanol–water partition coefficient (Wildman–Crippen LogP) is 2.39. The molecule has 0 aromatic heterocycles. The van der Waals surface area contributed by atoms with Gasteiger partial charge < -0.3 is 10.2 Å². The van der Waals surface area contributed by atoms with Gasteiger partial charge in [-0.1, -0.05) is 29.8 Å². The number of aliphatic hydroxyl groups is 1. The number of benzene rings is 1. The fraction of sp³-hybridized carbons (Fsp3) is 0.273. The van der Waals surface area contributed by atoms with E-state index in [1.165, 1.54) is 0 Å². The van der Waals surface area contributed by atoms with Gasteiger partial charge >= 0.3 is 0 Å². The number of rotatable bonds is 2. The Morgan fingerprint density at radius 1 is 1.31 bits per heavy atom. The SMILES string of the molecule is CC(C)=CC(O)c1ccccc1O. The summed E-state index contributed by atoms with van der Waals surface area (Å²) in [5.74, 6) is 0.132. The van der Waals surface area contributed by atoms with E-state index in [0.29, 0.717) is 5.56 Å². The summed E-state index contributed by atoms with van der Waals surface area (Å²) >= 11 is 0. The van der Waals surface area contributed by atoms with Crippen molar-refractivity contribution in [3.8, 4) is 5.75 Å². The van der Waals surface area contributed by atoms with Gasteiger partial charge in [-0.25, -0.2) is 0 Å². The molecule has 0 aliphatic rings. The smallest absolute Gasteiger partial charge is 0.121 e. The van der Waals surface area contributed by atoms with Gasteiger partial charge in [0.25, 0.3) is 0 Å². The lowest BCUT2D eigenvalue weighted by Gasteiger charge is -2.08. The summed E-state index contributed by atoms with van der Waals surface area (Å²) < 4.78 is 0. The number of para-hydroxylation sites is 1. The normalized spacial score (nSPS) is 12.2. The lowest BCUT2D eigenvalue weighted by molar-refractivity contribution is 0.223. The van der Waals surface area contributed by atoms with E-state index < -0.39 is 6.10 Å². The van der Waals surface area contributed by atoms with Gasteiger partial charge in [0.1, 0.15) is 11.9 Å². The zero-order chi connectivity index (χ0) is 9.84. The van der Waals surface area contributed by atoms with Crippen LogP contribution < -0.4 is 0 Å². The highest BCUT2D eigenvalue weighted by Gasteiger charge is 2.07. The molecule has 0 radical (unpaired) electrons. The van der Waals surface area contributed by atoms with Crippen LogP contribution in [0, 0.1) is 0 Å². The molecular weight excluding hydrogens is 164 g/mol. The molecule has 0 heterocycles. The van der Waals surface area contributed by atoms with Crippen LogP contribution in [0.25, 0.3) is 0 Å². The van der Waals surface area contributed by atoms with Gasteiger partial charge in [-0.15, -0.1) is 0 Å². The Labute approximate surface area is 78.2 Å². The Bertz CT molecular complexity index is 312. The minimum absolute atomic E-state index is 0.132. The van der Waals surface area contributed by atoms with Gasteiger partial charge in [0.15, 0.2) is 0 Å². The van der Waals surface area contributed by atoms with E-state index >= 15 is 0 Å². The van der Waals surface area contributed by atoms with E-state index in [1.807, 2.05) is 13.8 Å². The van der Waals surface area contributed by atoms with Crippen molar-refractivity contribution in [3.63, 3.8) is 0 Å². The van der Waals surface area contributed by atoms with Crippen LogP contribution in [0.2, 0.25) is 0 Å². The molecule has 1 aromatic rings. The highest BCUT2D eigenvalue weighted by Crippen LogP contribution is 2.24. The molecule has 13 heavy (non-hydrogen) atoms. The lowest BCUT2D eigenvalue weighted by atomic mass is 10.1. The molecule has 1 rings (SSSR count). The second-order valence-electron chi connectivity index (χ2n) is 3.25. The van der Waals surface area contributed by atoms with Crippen molar-refractivity contribution in [2.45, 2.75) is 20.0 Å². The second kappa shape index (κ2) is 4.10. The Morgan fingerprint density at radius 2 is 1.92 bits per heavy atom. The molecule has 2 nitrogen and oxygen atoms in total. The molecule has 0 aliphatic heterocycles. The van der Waals surface area contributed by atoms with Gasteiger partial charge in [-0.05, 0) is 19.9 Å². The lowest BCUT2D eigenvalue weighted by Crippen LogP contribution is -1.93. The van der Waals surface area contributed by atoms with Crippen LogP contribution in [0.15, 0.2) is 35.9 Å². The molecule has 2 heteroatoms. The van der Waals surface area contributed by atoms with Crippen LogP contribution in [0.4, 0.5) is 0 Å². The van der Waals surface area contributed by atoms with E-state index in [2.05, 4.69) is 0 Å². The standard InChI is InChI=1S/C11H14O2/c1-8(2)7-11(13)9-5-3-4-6-10(9)12/h3-7,11-13H,1-2H3. The van der Waals surface area contributed by atoms with Gasteiger partial charge in [0.2, 0.25) is 0 Å². The number of hydrogen-bond donors (Lipinski definition) is 2. The number of allylic oxidation sites excluding steroid dienone is 1. The van der Waals surface area contributed by atoms with E-state index in [0.717, 1.165) is 5.57 Å². The molecule has 1 atom stereocenters. The van der Waals surface area contributed by atoms with Crippen molar-refractivity contribution in [3.05, 3.63) is 41.5 Å². The molecule has 0 spiro atoms. The molecule has 0 fully saturated rings. The number of phenols is 1. The third-order valence-corrected chi connectivity index (χ3v) is 1.75.